The van der Waals surface area contributed by atoms with Gasteiger partial charge in [0.2, 0.25) is 0 Å². The van der Waals surface area contributed by atoms with Gasteiger partial charge in [0, 0.05) is 21.6 Å². The Kier molecular flexibility index (Phi) is 7.22. The van der Waals surface area contributed by atoms with E-state index in [1.165, 1.54) is 17.8 Å². The maximum atomic E-state index is 11.9. The summed E-state index contributed by atoms with van der Waals surface area (Å²) in [5.41, 5.74) is 1.54. The predicted molar refractivity (Wildman–Crippen MR) is 117 cm³/mol. The number of carbonyl (C=O) groups excluding carboxylic acids is 2. The summed E-state index contributed by atoms with van der Waals surface area (Å²) in [5.74, 6) is -1.03. The second-order valence-electron chi connectivity index (χ2n) is 6.31. The number of ether oxygens (including phenoxy) is 2. The summed E-state index contributed by atoms with van der Waals surface area (Å²) in [5, 5.41) is 12.9. The smallest absolute Gasteiger partial charge is 0.316 e. The molecule has 0 saturated carbocycles. The highest BCUT2D eigenvalue weighted by Gasteiger charge is 2.23. The Hall–Kier alpha value is -2.72. The van der Waals surface area contributed by atoms with Crippen molar-refractivity contribution in [1.82, 2.24) is 0 Å². The number of esters is 2. The number of thioether (sulfide) groups is 1. The number of thiol groups is 1. The molecule has 0 saturated heterocycles. The van der Waals surface area contributed by atoms with Crippen LogP contribution in [0.3, 0.4) is 0 Å². The molecule has 0 aliphatic rings. The zero-order valence-corrected chi connectivity index (χ0v) is 17.7. The summed E-state index contributed by atoms with van der Waals surface area (Å²) in [6.45, 7) is 1.70. The average molecular weight is 450 g/mol. The third kappa shape index (κ3) is 5.06. The average Bonchev–Trinajstić information content (AvgIpc) is 3.11. The largest absolute Gasteiger partial charge is 0.461 e. The van der Waals surface area contributed by atoms with E-state index in [4.69, 9.17) is 13.9 Å². The van der Waals surface area contributed by atoms with Crippen molar-refractivity contribution in [1.29, 1.82) is 0 Å². The van der Waals surface area contributed by atoms with E-state index < -0.39 is 16.9 Å². The van der Waals surface area contributed by atoms with Gasteiger partial charge in [-0.2, -0.15) is 12.6 Å². The Morgan fingerprint density at radius 3 is 2.53 bits per heavy atom. The zero-order chi connectivity index (χ0) is 21.7. The molecule has 0 amide bonds. The molecule has 1 atom stereocenters. The third-order valence-corrected chi connectivity index (χ3v) is 5.76. The molecule has 8 nitrogen and oxygen atoms in total. The van der Waals surface area contributed by atoms with Crippen LogP contribution in [-0.4, -0.2) is 41.6 Å². The van der Waals surface area contributed by atoms with Gasteiger partial charge in [0.05, 0.1) is 22.5 Å². The van der Waals surface area contributed by atoms with Gasteiger partial charge in [-0.3, -0.25) is 19.7 Å². The number of furan rings is 1. The molecule has 1 unspecified atom stereocenters. The van der Waals surface area contributed by atoms with Crippen LogP contribution in [-0.2, 0) is 19.1 Å². The van der Waals surface area contributed by atoms with Crippen LogP contribution in [0.4, 0.5) is 5.69 Å². The molecule has 3 aromatic rings. The normalized spacial score (nSPS) is 12.1. The number of nitro benzene ring substituents is 1. The van der Waals surface area contributed by atoms with Crippen molar-refractivity contribution in [2.24, 2.45) is 0 Å². The van der Waals surface area contributed by atoms with Crippen molar-refractivity contribution < 1.29 is 28.4 Å². The molecule has 0 bridgehead atoms. The molecule has 158 valence electrons. The minimum atomic E-state index is -0.494. The topological polar surface area (TPSA) is 109 Å². The van der Waals surface area contributed by atoms with Crippen LogP contribution in [0.25, 0.3) is 21.9 Å². The number of fused-ring (bicyclic) bond motifs is 3. The molecule has 2 aromatic carbocycles. The minimum absolute atomic E-state index is 0.00298. The van der Waals surface area contributed by atoms with Crippen LogP contribution in [0.2, 0.25) is 0 Å². The highest BCUT2D eigenvalue weighted by molar-refractivity contribution is 8.00. The van der Waals surface area contributed by atoms with E-state index in [9.17, 15) is 19.7 Å². The van der Waals surface area contributed by atoms with E-state index >= 15 is 0 Å². The van der Waals surface area contributed by atoms with Crippen LogP contribution < -0.4 is 0 Å². The molecule has 0 radical (unpaired) electrons. The van der Waals surface area contributed by atoms with E-state index in [-0.39, 0.29) is 35.7 Å². The molecule has 0 fully saturated rings. The maximum absolute atomic E-state index is 11.9. The van der Waals surface area contributed by atoms with Crippen molar-refractivity contribution in [3.8, 4) is 0 Å². The fraction of sp³-hybridized carbons (Fsp3) is 0.300. The number of nitrogens with zero attached hydrogens (tertiary/aromatic N) is 1. The fourth-order valence-corrected chi connectivity index (χ4v) is 3.87. The van der Waals surface area contributed by atoms with Crippen LogP contribution in [0, 0.1) is 10.1 Å². The van der Waals surface area contributed by atoms with Crippen LogP contribution in [0.1, 0.15) is 17.7 Å². The number of nitro groups is 1. The molecule has 10 heteroatoms. The monoisotopic (exact) mass is 449 g/mol. The van der Waals surface area contributed by atoms with E-state index in [1.54, 1.807) is 13.0 Å². The summed E-state index contributed by atoms with van der Waals surface area (Å²) in [6.07, 6.45) is 0. The Morgan fingerprint density at radius 1 is 1.13 bits per heavy atom. The van der Waals surface area contributed by atoms with Gasteiger partial charge < -0.3 is 13.9 Å². The Labute approximate surface area is 181 Å². The molecule has 1 heterocycles. The molecule has 0 aliphatic heterocycles. The molecular formula is C20H19NO7S2. The number of hydrogen-bond donors (Lipinski definition) is 1. The van der Waals surface area contributed by atoms with Gasteiger partial charge in [0.1, 0.15) is 24.4 Å². The number of rotatable bonds is 9. The molecule has 0 spiro atoms. The Morgan fingerprint density at radius 2 is 1.83 bits per heavy atom. The SMILES string of the molecule is CC(SCC(=O)OCCOC(=O)CS)c1cc2c(cc1[N+](=O)[O-])oc1ccccc12. The van der Waals surface area contributed by atoms with Crippen molar-refractivity contribution in [2.75, 3.05) is 24.7 Å². The fourth-order valence-electron chi connectivity index (χ4n) is 2.94. The van der Waals surface area contributed by atoms with Crippen LogP contribution in [0.5, 0.6) is 0 Å². The molecule has 1 aromatic heterocycles. The molecule has 0 N–H and O–H groups in total. The summed E-state index contributed by atoms with van der Waals surface area (Å²) >= 11 is 5.00. The van der Waals surface area contributed by atoms with Gasteiger partial charge in [0.25, 0.3) is 5.69 Å². The van der Waals surface area contributed by atoms with Crippen molar-refractivity contribution in [3.05, 3.63) is 52.1 Å². The van der Waals surface area contributed by atoms with Crippen molar-refractivity contribution in [3.63, 3.8) is 0 Å². The summed E-state index contributed by atoms with van der Waals surface area (Å²) in [6, 6.07) is 10.6. The van der Waals surface area contributed by atoms with Gasteiger partial charge in [-0.1, -0.05) is 18.2 Å². The number of benzene rings is 2. The first-order valence-corrected chi connectivity index (χ1v) is 10.7. The lowest BCUT2D eigenvalue weighted by atomic mass is 10.1. The first kappa shape index (κ1) is 22.0. The Balaban J connectivity index is 1.70. The molecule has 0 aliphatic carbocycles. The van der Waals surface area contributed by atoms with E-state index in [0.29, 0.717) is 16.7 Å². The second kappa shape index (κ2) is 9.86. The third-order valence-electron chi connectivity index (χ3n) is 4.35. The molecule has 3 rings (SSSR count). The highest BCUT2D eigenvalue weighted by Crippen LogP contribution is 2.40. The number of carbonyl (C=O) groups is 2. The number of hydrogen-bond acceptors (Lipinski definition) is 9. The van der Waals surface area contributed by atoms with E-state index in [0.717, 1.165) is 10.8 Å². The highest BCUT2D eigenvalue weighted by atomic mass is 32.2. The lowest BCUT2D eigenvalue weighted by Crippen LogP contribution is -2.16. The van der Waals surface area contributed by atoms with Gasteiger partial charge >= 0.3 is 11.9 Å². The first-order chi connectivity index (χ1) is 14.4. The Bertz CT molecular complexity index is 1100. The lowest BCUT2D eigenvalue weighted by Gasteiger charge is -2.12. The summed E-state index contributed by atoms with van der Waals surface area (Å²) in [4.78, 5) is 34.0. The standard InChI is InChI=1S/C20H19NO7S2/c1-12(30-11-20(23)27-7-6-26-19(22)10-29)14-8-15-13-4-2-3-5-17(13)28-18(15)9-16(14)21(24)25/h2-5,8-9,12,29H,6-7,10-11H2,1H3. The van der Waals surface area contributed by atoms with Crippen molar-refractivity contribution in [2.45, 2.75) is 12.2 Å². The first-order valence-electron chi connectivity index (χ1n) is 9.04. The second-order valence-corrected chi connectivity index (χ2v) is 7.96. The van der Waals surface area contributed by atoms with Crippen molar-refractivity contribution >= 4 is 64.0 Å². The zero-order valence-electron chi connectivity index (χ0n) is 16.0. The van der Waals surface area contributed by atoms with Gasteiger partial charge in [0.15, 0.2) is 0 Å². The quantitative estimate of drug-likeness (QED) is 0.169. The molecule has 30 heavy (non-hydrogen) atoms. The predicted octanol–water partition coefficient (Wildman–Crippen LogP) is 4.30. The number of para-hydroxylation sites is 1. The maximum Gasteiger partial charge on any atom is 0.316 e. The van der Waals surface area contributed by atoms with E-state index in [2.05, 4.69) is 12.6 Å². The summed E-state index contributed by atoms with van der Waals surface area (Å²) < 4.78 is 15.5. The van der Waals surface area contributed by atoms with Gasteiger partial charge in [-0.25, -0.2) is 0 Å². The minimum Gasteiger partial charge on any atom is -0.461 e. The van der Waals surface area contributed by atoms with E-state index in [1.807, 2.05) is 24.3 Å². The van der Waals surface area contributed by atoms with Gasteiger partial charge in [-0.15, -0.1) is 11.8 Å². The van der Waals surface area contributed by atoms with Crippen LogP contribution >= 0.6 is 24.4 Å². The van der Waals surface area contributed by atoms with Gasteiger partial charge in [-0.05, 0) is 19.1 Å². The van der Waals surface area contributed by atoms with Crippen LogP contribution in [0.15, 0.2) is 40.8 Å². The summed E-state index contributed by atoms with van der Waals surface area (Å²) in [7, 11) is 0. The lowest BCUT2D eigenvalue weighted by molar-refractivity contribution is -0.385. The molecular weight excluding hydrogens is 430 g/mol.